The lowest BCUT2D eigenvalue weighted by atomic mass is 10.1. The Labute approximate surface area is 147 Å². The minimum atomic E-state index is -0.436. The van der Waals surface area contributed by atoms with E-state index in [0.717, 1.165) is 5.56 Å². The molecule has 1 aliphatic heterocycles. The van der Waals surface area contributed by atoms with Crippen LogP contribution in [0.3, 0.4) is 0 Å². The molecular weight excluding hydrogens is 320 g/mol. The van der Waals surface area contributed by atoms with Crippen LogP contribution in [-0.2, 0) is 14.4 Å². The summed E-state index contributed by atoms with van der Waals surface area (Å²) in [6.45, 7) is 7.38. The SMILES string of the molecule is Cc1cccc(N2N=C(C(=O)NCC(=O)NC(C)(C)C)CCC2=O)c1. The normalized spacial score (nSPS) is 14.8. The second-order valence-corrected chi connectivity index (χ2v) is 7.07. The summed E-state index contributed by atoms with van der Waals surface area (Å²) in [6.07, 6.45) is 0.461. The number of aryl methyl sites for hydroxylation is 1. The Bertz CT molecular complexity index is 719. The standard InChI is InChI=1S/C18H24N4O3/c1-12-6-5-7-13(10-12)22-16(24)9-8-14(21-22)17(25)19-11-15(23)20-18(2,3)4/h5-7,10H,8-9,11H2,1-4H3,(H,19,25)(H,20,23). The van der Waals surface area contributed by atoms with Crippen LogP contribution in [0.25, 0.3) is 0 Å². The quantitative estimate of drug-likeness (QED) is 0.867. The van der Waals surface area contributed by atoms with Crippen molar-refractivity contribution in [2.75, 3.05) is 11.6 Å². The Balaban J connectivity index is 2.05. The molecule has 0 unspecified atom stereocenters. The number of carbonyl (C=O) groups is 3. The number of carbonyl (C=O) groups excluding carboxylic acids is 3. The minimum absolute atomic E-state index is 0.131. The Kier molecular flexibility index (Phi) is 5.56. The van der Waals surface area contributed by atoms with E-state index < -0.39 is 5.91 Å². The van der Waals surface area contributed by atoms with Crippen molar-refractivity contribution in [1.82, 2.24) is 10.6 Å². The van der Waals surface area contributed by atoms with E-state index in [0.29, 0.717) is 5.69 Å². The second kappa shape index (κ2) is 7.46. The first-order valence-electron chi connectivity index (χ1n) is 8.22. The molecule has 0 bridgehead atoms. The van der Waals surface area contributed by atoms with Gasteiger partial charge < -0.3 is 10.6 Å². The van der Waals surface area contributed by atoms with Gasteiger partial charge in [-0.2, -0.15) is 5.10 Å². The molecule has 1 heterocycles. The number of hydrogen-bond acceptors (Lipinski definition) is 4. The monoisotopic (exact) mass is 344 g/mol. The summed E-state index contributed by atoms with van der Waals surface area (Å²) < 4.78 is 0. The van der Waals surface area contributed by atoms with Gasteiger partial charge in [-0.05, 0) is 45.4 Å². The van der Waals surface area contributed by atoms with E-state index in [1.165, 1.54) is 5.01 Å². The van der Waals surface area contributed by atoms with Crippen LogP contribution in [-0.4, -0.2) is 35.5 Å². The summed E-state index contributed by atoms with van der Waals surface area (Å²) in [7, 11) is 0. The Hall–Kier alpha value is -2.70. The third-order valence-electron chi connectivity index (χ3n) is 3.46. The number of amides is 3. The maximum Gasteiger partial charge on any atom is 0.267 e. The summed E-state index contributed by atoms with van der Waals surface area (Å²) in [5.74, 6) is -0.870. The zero-order valence-electron chi connectivity index (χ0n) is 15.0. The number of nitrogens with one attached hydrogen (secondary N) is 2. The Morgan fingerprint density at radius 2 is 1.96 bits per heavy atom. The Morgan fingerprint density at radius 1 is 1.24 bits per heavy atom. The van der Waals surface area contributed by atoms with Gasteiger partial charge in [0.15, 0.2) is 0 Å². The molecule has 3 amide bonds. The van der Waals surface area contributed by atoms with E-state index >= 15 is 0 Å². The molecule has 7 heteroatoms. The van der Waals surface area contributed by atoms with Crippen molar-refractivity contribution in [3.8, 4) is 0 Å². The molecule has 0 aliphatic carbocycles. The van der Waals surface area contributed by atoms with Gasteiger partial charge in [0.25, 0.3) is 5.91 Å². The summed E-state index contributed by atoms with van der Waals surface area (Å²) in [5, 5.41) is 10.8. The van der Waals surface area contributed by atoms with Crippen LogP contribution in [0.15, 0.2) is 29.4 Å². The van der Waals surface area contributed by atoms with Gasteiger partial charge in [-0.1, -0.05) is 12.1 Å². The van der Waals surface area contributed by atoms with Crippen molar-refractivity contribution in [1.29, 1.82) is 0 Å². The third-order valence-corrected chi connectivity index (χ3v) is 3.46. The van der Waals surface area contributed by atoms with Gasteiger partial charge in [-0.3, -0.25) is 14.4 Å². The fraction of sp³-hybridized carbons (Fsp3) is 0.444. The van der Waals surface area contributed by atoms with Crippen LogP contribution in [0, 0.1) is 6.92 Å². The number of nitrogens with zero attached hydrogens (tertiary/aromatic N) is 2. The summed E-state index contributed by atoms with van der Waals surface area (Å²) in [6, 6.07) is 7.35. The van der Waals surface area contributed by atoms with Gasteiger partial charge in [0, 0.05) is 18.4 Å². The average Bonchev–Trinajstić information content (AvgIpc) is 2.51. The highest BCUT2D eigenvalue weighted by molar-refractivity contribution is 6.40. The number of hydrazone groups is 1. The lowest BCUT2D eigenvalue weighted by molar-refractivity contribution is -0.124. The molecule has 0 aromatic heterocycles. The zero-order chi connectivity index (χ0) is 18.6. The first-order valence-corrected chi connectivity index (χ1v) is 8.22. The van der Waals surface area contributed by atoms with Crippen LogP contribution in [0.5, 0.6) is 0 Å². The number of anilines is 1. The van der Waals surface area contributed by atoms with Crippen molar-refractivity contribution in [2.45, 2.75) is 46.1 Å². The largest absolute Gasteiger partial charge is 0.350 e. The van der Waals surface area contributed by atoms with Crippen LogP contribution >= 0.6 is 0 Å². The summed E-state index contributed by atoms with van der Waals surface area (Å²) in [4.78, 5) is 36.2. The molecule has 0 radical (unpaired) electrons. The van der Waals surface area contributed by atoms with Gasteiger partial charge in [0.1, 0.15) is 5.71 Å². The zero-order valence-corrected chi connectivity index (χ0v) is 15.0. The van der Waals surface area contributed by atoms with Crippen molar-refractivity contribution in [3.63, 3.8) is 0 Å². The predicted molar refractivity (Wildman–Crippen MR) is 96.2 cm³/mol. The van der Waals surface area contributed by atoms with Crippen LogP contribution in [0.4, 0.5) is 5.69 Å². The molecule has 0 atom stereocenters. The van der Waals surface area contributed by atoms with E-state index in [9.17, 15) is 14.4 Å². The molecule has 0 fully saturated rings. The predicted octanol–water partition coefficient (Wildman–Crippen LogP) is 1.51. The van der Waals surface area contributed by atoms with E-state index in [1.807, 2.05) is 45.9 Å². The van der Waals surface area contributed by atoms with E-state index in [1.54, 1.807) is 6.07 Å². The first-order chi connectivity index (χ1) is 11.7. The van der Waals surface area contributed by atoms with Gasteiger partial charge in [0.05, 0.1) is 12.2 Å². The molecule has 0 saturated heterocycles. The van der Waals surface area contributed by atoms with Crippen molar-refractivity contribution in [3.05, 3.63) is 29.8 Å². The van der Waals surface area contributed by atoms with Gasteiger partial charge in [-0.15, -0.1) is 0 Å². The molecule has 1 aromatic rings. The van der Waals surface area contributed by atoms with Crippen LogP contribution in [0.2, 0.25) is 0 Å². The molecule has 0 spiro atoms. The second-order valence-electron chi connectivity index (χ2n) is 7.07. The highest BCUT2D eigenvalue weighted by Gasteiger charge is 2.26. The van der Waals surface area contributed by atoms with E-state index in [-0.39, 0.29) is 42.5 Å². The van der Waals surface area contributed by atoms with Gasteiger partial charge in [0.2, 0.25) is 11.8 Å². The molecule has 0 saturated carbocycles. The van der Waals surface area contributed by atoms with E-state index in [4.69, 9.17) is 0 Å². The number of rotatable bonds is 4. The maximum atomic E-state index is 12.3. The smallest absolute Gasteiger partial charge is 0.267 e. The summed E-state index contributed by atoms with van der Waals surface area (Å²) in [5.41, 5.74) is 1.50. The average molecular weight is 344 g/mol. The molecule has 2 rings (SSSR count). The molecule has 2 N–H and O–H groups in total. The van der Waals surface area contributed by atoms with Crippen molar-refractivity contribution >= 4 is 29.1 Å². The number of hydrogen-bond donors (Lipinski definition) is 2. The fourth-order valence-electron chi connectivity index (χ4n) is 2.40. The van der Waals surface area contributed by atoms with Crippen molar-refractivity contribution in [2.24, 2.45) is 5.10 Å². The van der Waals surface area contributed by atoms with E-state index in [2.05, 4.69) is 15.7 Å². The Morgan fingerprint density at radius 3 is 2.60 bits per heavy atom. The molecule has 1 aromatic carbocycles. The highest BCUT2D eigenvalue weighted by atomic mass is 16.2. The minimum Gasteiger partial charge on any atom is -0.350 e. The lowest BCUT2D eigenvalue weighted by Crippen LogP contribution is -2.47. The third kappa shape index (κ3) is 5.41. The molecule has 1 aliphatic rings. The summed E-state index contributed by atoms with van der Waals surface area (Å²) >= 11 is 0. The van der Waals surface area contributed by atoms with Crippen molar-refractivity contribution < 1.29 is 14.4 Å². The van der Waals surface area contributed by atoms with Crippen LogP contribution in [0.1, 0.15) is 39.2 Å². The topological polar surface area (TPSA) is 90.9 Å². The molecular formula is C18H24N4O3. The fourth-order valence-corrected chi connectivity index (χ4v) is 2.40. The molecule has 134 valence electrons. The van der Waals surface area contributed by atoms with Gasteiger partial charge in [-0.25, -0.2) is 5.01 Å². The maximum absolute atomic E-state index is 12.3. The highest BCUT2D eigenvalue weighted by Crippen LogP contribution is 2.21. The van der Waals surface area contributed by atoms with Crippen LogP contribution < -0.4 is 15.6 Å². The number of benzene rings is 1. The van der Waals surface area contributed by atoms with Gasteiger partial charge >= 0.3 is 0 Å². The lowest BCUT2D eigenvalue weighted by Gasteiger charge is -2.24. The first kappa shape index (κ1) is 18.6. The molecule has 25 heavy (non-hydrogen) atoms. The molecule has 7 nitrogen and oxygen atoms in total.